The number of H-pyrrole nitrogens is 3. The van der Waals surface area contributed by atoms with Crippen LogP contribution in [0.1, 0.15) is 18.7 Å². The van der Waals surface area contributed by atoms with Crippen molar-refractivity contribution in [2.24, 2.45) is 5.73 Å². The van der Waals surface area contributed by atoms with Gasteiger partial charge in [-0.25, -0.2) is 42.1 Å². The molecule has 4 fully saturated rings. The van der Waals surface area contributed by atoms with Crippen molar-refractivity contribution in [2.75, 3.05) is 32.2 Å². The summed E-state index contributed by atoms with van der Waals surface area (Å²) >= 11 is 0. The maximum atomic E-state index is 14.9. The van der Waals surface area contributed by atoms with Gasteiger partial charge in [-0.3, -0.25) is 43.0 Å². The summed E-state index contributed by atoms with van der Waals surface area (Å²) in [4.78, 5) is 80.4. The summed E-state index contributed by atoms with van der Waals surface area (Å²) in [6.45, 7) is -2.52. The molecule has 16 N–H and O–H groups in total. The maximum absolute atomic E-state index is 14.9. The van der Waals surface area contributed by atoms with E-state index < -0.39 is 157 Å². The summed E-state index contributed by atoms with van der Waals surface area (Å²) in [7, 11) is 0. The standard InChI is InChI=1S/C12H12FN5O4.C12H11FN4O4.C11H14FN3O4.C11H11FN2O5/c1-2-12(13)7(20)5(3-19)22-10(12)18-4-15-6-8(18)16-11(14)17-9(6)21;1-2-12(13)8(19)6(3-18)21-11(12)17-5-16-7-9(17)14-4-15-10(7)20;1-2-11(12)8(17)6(5-16)19-9(11)15-4-3-7(13)14-10(15)18;1-2-11(12)8(17)6(5-15)19-9(11)14-4-3-7(16)13-10(14)18/h1,4-5,7,10,19-20H,3H2,(H3,14,16,17,21);1,4-6,8,11,18-19H,3H2,(H,14,15,20);1,3-4,6-9,16-17H,5,13H2,(H,14,18);1,3-4,6,8-9,15,17H,5H2,(H,13,16,18)/t5-,7?,10-,12+;6-,8?,11-,12+;6-,7?,8?,9-,11+;6-,8?,9-,11+/m1111/s1. The Hall–Kier alpha value is -8.37. The molecule has 0 aliphatic carbocycles. The van der Waals surface area contributed by atoms with Gasteiger partial charge < -0.3 is 81.6 Å². The van der Waals surface area contributed by atoms with Gasteiger partial charge in [-0.1, -0.05) is 23.7 Å². The number of aliphatic hydroxyl groups excluding tert-OH is 8. The number of anilines is 1. The Morgan fingerprint density at radius 3 is 1.47 bits per heavy atom. The highest BCUT2D eigenvalue weighted by Crippen LogP contribution is 2.44. The SMILES string of the molecule is C#C[C@]1(F)C(O)[C@@H](CO)O[C@H]1N1C=CC(N)NC1=O.C#C[C@]1(F)C(O)[C@@H](CO)O[C@H]1n1ccc(=O)[nH]c1=O.C#C[C@]1(F)C(O)[C@@H](CO)O[C@H]1n1cnc2c(=O)[nH]c(N)nc21.C#C[C@]1(F)C(O)[C@@H](CO)O[C@H]1n1cnc2c(=O)[nH]cnc21. The lowest BCUT2D eigenvalue weighted by molar-refractivity contribution is -0.0654. The van der Waals surface area contributed by atoms with Crippen molar-refractivity contribution >= 4 is 34.3 Å². The molecule has 17 atom stereocenters. The molecule has 10 heterocycles. The van der Waals surface area contributed by atoms with Crippen LogP contribution in [-0.2, 0) is 18.9 Å². The molecule has 0 bridgehead atoms. The van der Waals surface area contributed by atoms with Gasteiger partial charge in [0.05, 0.1) is 51.6 Å². The number of aromatic nitrogens is 10. The van der Waals surface area contributed by atoms with Gasteiger partial charge in [0, 0.05) is 18.5 Å². The number of aromatic amines is 3. The molecule has 5 unspecified atom stereocenters. The molecule has 0 saturated carbocycles. The summed E-state index contributed by atoms with van der Waals surface area (Å²) in [6.07, 6.45) is 8.86. The van der Waals surface area contributed by atoms with E-state index in [0.717, 1.165) is 49.8 Å². The number of hydrogen-bond acceptors (Lipinski definition) is 23. The monoisotopic (exact) mass is 1140 g/mol. The van der Waals surface area contributed by atoms with Crippen molar-refractivity contribution in [3.8, 4) is 49.4 Å². The number of imidazole rings is 2. The predicted molar refractivity (Wildman–Crippen MR) is 263 cm³/mol. The smallest absolute Gasteiger partial charge is 0.330 e. The average molecular weight is 1140 g/mol. The second kappa shape index (κ2) is 23.4. The zero-order valence-electron chi connectivity index (χ0n) is 41.2. The molecule has 0 aromatic carbocycles. The highest BCUT2D eigenvalue weighted by atomic mass is 19.2. The number of terminal acetylenes is 4. The number of alkyl halides is 4. The summed E-state index contributed by atoms with van der Waals surface area (Å²) in [5.41, 5.74) is -2.37. The predicted octanol–water partition coefficient (Wildman–Crippen LogP) is -6.64. The second-order valence-electron chi connectivity index (χ2n) is 17.8. The molecule has 432 valence electrons. The molecule has 5 aliphatic heterocycles. The van der Waals surface area contributed by atoms with Crippen LogP contribution >= 0.6 is 0 Å². The Morgan fingerprint density at radius 1 is 0.617 bits per heavy atom. The Morgan fingerprint density at radius 2 is 1.04 bits per heavy atom. The number of nitrogen functional groups attached to an aromatic ring is 1. The molecule has 0 spiro atoms. The maximum Gasteiger partial charge on any atom is 0.330 e. The topological polar surface area (TPSA) is 465 Å². The molecule has 31 nitrogen and oxygen atoms in total. The van der Waals surface area contributed by atoms with Gasteiger partial charge in [0.2, 0.25) is 28.6 Å². The van der Waals surface area contributed by atoms with E-state index in [2.05, 4.69) is 35.2 Å². The fourth-order valence-electron chi connectivity index (χ4n) is 8.76. The van der Waals surface area contributed by atoms with E-state index in [1.165, 1.54) is 12.3 Å². The molecule has 4 saturated heterocycles. The molecule has 2 amide bonds. The van der Waals surface area contributed by atoms with Gasteiger partial charge in [-0.2, -0.15) is 4.98 Å². The highest BCUT2D eigenvalue weighted by molar-refractivity contribution is 5.77. The third kappa shape index (κ3) is 10.5. The summed E-state index contributed by atoms with van der Waals surface area (Å²) < 4.78 is 82.5. The van der Waals surface area contributed by atoms with Crippen LogP contribution in [0.25, 0.3) is 22.3 Å². The summed E-state index contributed by atoms with van der Waals surface area (Å²) in [6, 6.07) is 0.281. The van der Waals surface area contributed by atoms with E-state index in [9.17, 15) is 62.0 Å². The largest absolute Gasteiger partial charge is 0.394 e. The van der Waals surface area contributed by atoms with Crippen LogP contribution in [-0.4, -0.2) is 211 Å². The van der Waals surface area contributed by atoms with Gasteiger partial charge in [-0.05, 0) is 6.08 Å². The number of rotatable bonds is 8. The lowest BCUT2D eigenvalue weighted by Gasteiger charge is -2.33. The average Bonchev–Trinajstić information content (AvgIpc) is 4.45. The van der Waals surface area contributed by atoms with Crippen molar-refractivity contribution in [3.63, 3.8) is 0 Å². The number of nitrogens with one attached hydrogen (secondary N) is 4. The highest BCUT2D eigenvalue weighted by Gasteiger charge is 2.61. The Labute approximate surface area is 449 Å². The molecule has 10 rings (SSSR count). The van der Waals surface area contributed by atoms with Gasteiger partial charge >= 0.3 is 11.7 Å². The normalized spacial score (nSPS) is 34.8. The molecule has 35 heteroatoms. The number of amides is 2. The third-order valence-corrected chi connectivity index (χ3v) is 13.0. The van der Waals surface area contributed by atoms with Crippen molar-refractivity contribution in [2.45, 2.75) is 103 Å². The van der Waals surface area contributed by atoms with E-state index >= 15 is 0 Å². The van der Waals surface area contributed by atoms with E-state index in [1.54, 1.807) is 11.8 Å². The molecule has 5 aromatic rings. The van der Waals surface area contributed by atoms with Crippen molar-refractivity contribution in [1.29, 1.82) is 0 Å². The van der Waals surface area contributed by atoms with Crippen LogP contribution in [0.2, 0.25) is 0 Å². The van der Waals surface area contributed by atoms with Crippen LogP contribution in [0.15, 0.2) is 62.7 Å². The number of hydrogen-bond donors (Lipinski definition) is 14. The van der Waals surface area contributed by atoms with Crippen molar-refractivity contribution < 1.29 is 82.2 Å². The fourth-order valence-corrected chi connectivity index (χ4v) is 8.76. The first-order chi connectivity index (χ1) is 38.3. The van der Waals surface area contributed by atoms with Gasteiger partial charge in [0.1, 0.15) is 48.8 Å². The van der Waals surface area contributed by atoms with Gasteiger partial charge in [0.25, 0.3) is 16.7 Å². The number of fused-ring (bicyclic) bond motifs is 2. The van der Waals surface area contributed by atoms with Gasteiger partial charge in [-0.15, -0.1) is 25.7 Å². The van der Waals surface area contributed by atoms with E-state index in [-0.39, 0.29) is 28.3 Å². The molecule has 0 radical (unpaired) electrons. The van der Waals surface area contributed by atoms with Crippen LogP contribution in [0.4, 0.5) is 28.3 Å². The fraction of sp³-hybridized carbons (Fsp3) is 0.457. The quantitative estimate of drug-likeness (QED) is 0.0507. The number of carbonyl (C=O) groups is 1. The first-order valence-electron chi connectivity index (χ1n) is 23.2. The number of ether oxygens (including phenoxy) is 4. The zero-order chi connectivity index (χ0) is 59.7. The Bertz CT molecular complexity index is 3610. The third-order valence-electron chi connectivity index (χ3n) is 13.0. The molecular formula is C46H48F4N14O17. The van der Waals surface area contributed by atoms with Crippen LogP contribution in [0.5, 0.6) is 0 Å². The lowest BCUT2D eigenvalue weighted by Crippen LogP contribution is -2.58. The number of carbonyl (C=O) groups excluding carboxylic acids is 1. The number of nitrogens with zero attached hydrogens (tertiary/aromatic N) is 8. The summed E-state index contributed by atoms with van der Waals surface area (Å²) in [5, 5.41) is 77.8. The minimum absolute atomic E-state index is 0.0117. The number of nitrogens with two attached hydrogens (primary N) is 2. The van der Waals surface area contributed by atoms with E-state index in [0.29, 0.717) is 0 Å². The van der Waals surface area contributed by atoms with Gasteiger partial charge in [0.15, 0.2) is 47.2 Å². The van der Waals surface area contributed by atoms with Crippen LogP contribution < -0.4 is 39.2 Å². The minimum atomic E-state index is -2.69. The number of halogens is 4. The first-order valence-corrected chi connectivity index (χ1v) is 23.2. The van der Waals surface area contributed by atoms with E-state index in [4.69, 9.17) is 76.5 Å². The zero-order valence-corrected chi connectivity index (χ0v) is 41.2. The van der Waals surface area contributed by atoms with Crippen molar-refractivity contribution in [1.82, 2.24) is 58.8 Å². The molecular weight excluding hydrogens is 1100 g/mol. The van der Waals surface area contributed by atoms with Crippen LogP contribution in [0.3, 0.4) is 0 Å². The Kier molecular flexibility index (Phi) is 17.4. The summed E-state index contributed by atoms with van der Waals surface area (Å²) in [5.74, 6) is 7.04. The molecule has 5 aliphatic rings. The lowest BCUT2D eigenvalue weighted by atomic mass is 9.96. The number of aliphatic hydroxyl groups is 8. The Balaban J connectivity index is 0.000000156. The minimum Gasteiger partial charge on any atom is -0.394 e. The number of urea groups is 1. The first kappa shape index (κ1) is 60.3. The van der Waals surface area contributed by atoms with Crippen LogP contribution in [0, 0.1) is 49.4 Å². The molecule has 5 aromatic heterocycles. The van der Waals surface area contributed by atoms with Crippen molar-refractivity contribution in [3.05, 3.63) is 85.1 Å². The van der Waals surface area contributed by atoms with E-state index in [1.807, 2.05) is 16.8 Å². The molecule has 81 heavy (non-hydrogen) atoms. The second-order valence-corrected chi connectivity index (χ2v) is 17.8.